The van der Waals surface area contributed by atoms with Crippen LogP contribution < -0.4 is 5.73 Å². The molecule has 5 heteroatoms. The van der Waals surface area contributed by atoms with Crippen LogP contribution in [0.2, 0.25) is 0 Å². The Morgan fingerprint density at radius 1 is 1.60 bits per heavy atom. The van der Waals surface area contributed by atoms with E-state index in [4.69, 9.17) is 10.3 Å². The number of aromatic nitrogens is 1. The lowest BCUT2D eigenvalue weighted by molar-refractivity contribution is 0.564. The summed E-state index contributed by atoms with van der Waals surface area (Å²) in [7, 11) is 0. The van der Waals surface area contributed by atoms with E-state index in [0.29, 0.717) is 5.69 Å². The molecule has 54 valence electrons. The van der Waals surface area contributed by atoms with Gasteiger partial charge in [-0.3, -0.25) is 4.98 Å². The van der Waals surface area contributed by atoms with Crippen LogP contribution in [0.15, 0.2) is 23.4 Å². The van der Waals surface area contributed by atoms with Crippen molar-refractivity contribution in [1.29, 1.82) is 0 Å². The van der Waals surface area contributed by atoms with Gasteiger partial charge in [0.25, 0.3) is 0 Å². The minimum absolute atomic E-state index is 0.222. The Balaban J connectivity index is 3.07. The van der Waals surface area contributed by atoms with E-state index in [1.807, 2.05) is 0 Å². The van der Waals surface area contributed by atoms with Gasteiger partial charge in [0.2, 0.25) is 0 Å². The fourth-order valence-electron chi connectivity index (χ4n) is 0.531. The second kappa shape index (κ2) is 2.76. The van der Waals surface area contributed by atoms with Crippen LogP contribution in [0.1, 0.15) is 0 Å². The zero-order valence-corrected chi connectivity index (χ0v) is 5.84. The van der Waals surface area contributed by atoms with Gasteiger partial charge >= 0.3 is 0 Å². The molecule has 1 aromatic heterocycles. The third-order valence-corrected chi connectivity index (χ3v) is 1.56. The van der Waals surface area contributed by atoms with E-state index in [2.05, 4.69) is 4.98 Å². The van der Waals surface area contributed by atoms with E-state index < -0.39 is 11.1 Å². The molecule has 1 heterocycles. The number of hydrogen-bond donors (Lipinski definition) is 2. The average Bonchev–Trinajstić information content (AvgIpc) is 1.88. The molecule has 0 fully saturated rings. The standard InChI is InChI=1S/C5H6N2O2S/c6-4-1-5(10(8)9)3-7-2-4/h1-3H,6H2,(H,8,9). The molecule has 0 radical (unpaired) electrons. The van der Waals surface area contributed by atoms with Crippen LogP contribution in [0.4, 0.5) is 5.69 Å². The number of pyridine rings is 1. The van der Waals surface area contributed by atoms with Crippen molar-refractivity contribution in [3.8, 4) is 0 Å². The highest BCUT2D eigenvalue weighted by Gasteiger charge is 1.98. The Kier molecular flexibility index (Phi) is 1.98. The van der Waals surface area contributed by atoms with Crippen LogP contribution in [-0.2, 0) is 11.1 Å². The molecule has 0 saturated carbocycles. The van der Waals surface area contributed by atoms with Gasteiger partial charge in [-0.2, -0.15) is 0 Å². The third-order valence-electron chi connectivity index (χ3n) is 0.936. The molecule has 10 heavy (non-hydrogen) atoms. The summed E-state index contributed by atoms with van der Waals surface area (Å²) < 4.78 is 18.9. The maximum absolute atomic E-state index is 10.4. The minimum Gasteiger partial charge on any atom is -0.397 e. The van der Waals surface area contributed by atoms with Gasteiger partial charge in [0.15, 0.2) is 11.1 Å². The number of nitrogen functional groups attached to an aromatic ring is 1. The van der Waals surface area contributed by atoms with E-state index in [1.54, 1.807) is 0 Å². The van der Waals surface area contributed by atoms with Crippen LogP contribution in [0.3, 0.4) is 0 Å². The molecule has 0 aliphatic heterocycles. The Bertz CT molecular complexity index is 264. The maximum atomic E-state index is 10.4. The fraction of sp³-hybridized carbons (Fsp3) is 0. The van der Waals surface area contributed by atoms with Gasteiger partial charge in [0, 0.05) is 12.4 Å². The van der Waals surface area contributed by atoms with Crippen molar-refractivity contribution in [3.05, 3.63) is 18.5 Å². The molecule has 0 saturated heterocycles. The van der Waals surface area contributed by atoms with Gasteiger partial charge in [0.05, 0.1) is 10.6 Å². The highest BCUT2D eigenvalue weighted by atomic mass is 32.2. The van der Waals surface area contributed by atoms with Gasteiger partial charge in [-0.15, -0.1) is 0 Å². The van der Waals surface area contributed by atoms with E-state index in [9.17, 15) is 4.21 Å². The van der Waals surface area contributed by atoms with Crippen molar-refractivity contribution in [2.75, 3.05) is 5.73 Å². The molecule has 4 nitrogen and oxygen atoms in total. The highest BCUT2D eigenvalue weighted by Crippen LogP contribution is 2.06. The van der Waals surface area contributed by atoms with Crippen LogP contribution in [0.5, 0.6) is 0 Å². The van der Waals surface area contributed by atoms with E-state index in [-0.39, 0.29) is 4.90 Å². The topological polar surface area (TPSA) is 76.2 Å². The summed E-state index contributed by atoms with van der Waals surface area (Å²) in [5.41, 5.74) is 5.68. The summed E-state index contributed by atoms with van der Waals surface area (Å²) in [5.74, 6) is 0. The highest BCUT2D eigenvalue weighted by molar-refractivity contribution is 7.79. The van der Waals surface area contributed by atoms with Gasteiger partial charge < -0.3 is 10.3 Å². The predicted molar refractivity (Wildman–Crippen MR) is 37.7 cm³/mol. The average molecular weight is 158 g/mol. The van der Waals surface area contributed by atoms with Crippen molar-refractivity contribution in [2.45, 2.75) is 4.90 Å². The monoisotopic (exact) mass is 158 g/mol. The van der Waals surface area contributed by atoms with Crippen molar-refractivity contribution in [1.82, 2.24) is 4.98 Å². The summed E-state index contributed by atoms with van der Waals surface area (Å²) in [6.07, 6.45) is 2.71. The first kappa shape index (κ1) is 7.17. The summed E-state index contributed by atoms with van der Waals surface area (Å²) in [6, 6.07) is 1.41. The molecule has 1 atom stereocenters. The first-order valence-electron chi connectivity index (χ1n) is 2.51. The fourth-order valence-corrected chi connectivity index (χ4v) is 0.919. The number of nitrogens with zero attached hydrogens (tertiary/aromatic N) is 1. The Morgan fingerprint density at radius 3 is 2.70 bits per heavy atom. The predicted octanol–water partition coefficient (Wildman–Crippen LogP) is 0.244. The Labute approximate surface area is 60.4 Å². The smallest absolute Gasteiger partial charge is 0.188 e. The van der Waals surface area contributed by atoms with E-state index >= 15 is 0 Å². The zero-order chi connectivity index (χ0) is 7.56. The SMILES string of the molecule is Nc1cncc(S(=O)O)c1. The lowest BCUT2D eigenvalue weighted by Gasteiger charge is -1.93. The molecule has 1 aromatic rings. The Hall–Kier alpha value is -0.940. The zero-order valence-electron chi connectivity index (χ0n) is 5.02. The van der Waals surface area contributed by atoms with Crippen LogP contribution in [0.25, 0.3) is 0 Å². The number of rotatable bonds is 1. The van der Waals surface area contributed by atoms with E-state index in [0.717, 1.165) is 0 Å². The summed E-state index contributed by atoms with van der Waals surface area (Å²) in [6.45, 7) is 0. The van der Waals surface area contributed by atoms with Crippen LogP contribution in [0, 0.1) is 0 Å². The van der Waals surface area contributed by atoms with Gasteiger partial charge in [0.1, 0.15) is 0 Å². The third kappa shape index (κ3) is 1.52. The molecule has 0 aliphatic carbocycles. The first-order valence-corrected chi connectivity index (χ1v) is 3.62. The molecule has 1 unspecified atom stereocenters. The van der Waals surface area contributed by atoms with Crippen molar-refractivity contribution < 1.29 is 8.76 Å². The number of nitrogens with two attached hydrogens (primary N) is 1. The minimum atomic E-state index is -1.98. The molecule has 0 spiro atoms. The molecule has 1 rings (SSSR count). The van der Waals surface area contributed by atoms with Crippen LogP contribution in [-0.4, -0.2) is 13.7 Å². The molecular formula is C5H6N2O2S. The normalized spacial score (nSPS) is 12.9. The second-order valence-corrected chi connectivity index (χ2v) is 2.67. The maximum Gasteiger partial charge on any atom is 0.188 e. The molecular weight excluding hydrogens is 152 g/mol. The Morgan fingerprint density at radius 2 is 2.30 bits per heavy atom. The molecule has 0 amide bonds. The van der Waals surface area contributed by atoms with Crippen molar-refractivity contribution >= 4 is 16.8 Å². The summed E-state index contributed by atoms with van der Waals surface area (Å²) in [5, 5.41) is 0. The first-order chi connectivity index (χ1) is 4.70. The number of anilines is 1. The molecule has 0 aliphatic rings. The lowest BCUT2D eigenvalue weighted by atomic mass is 10.4. The number of hydrogen-bond acceptors (Lipinski definition) is 3. The lowest BCUT2D eigenvalue weighted by Crippen LogP contribution is -1.92. The molecule has 0 bridgehead atoms. The van der Waals surface area contributed by atoms with Crippen molar-refractivity contribution in [2.24, 2.45) is 0 Å². The second-order valence-electron chi connectivity index (χ2n) is 1.70. The van der Waals surface area contributed by atoms with Gasteiger partial charge in [-0.05, 0) is 6.07 Å². The van der Waals surface area contributed by atoms with Crippen LogP contribution >= 0.6 is 0 Å². The van der Waals surface area contributed by atoms with Gasteiger partial charge in [-0.1, -0.05) is 0 Å². The summed E-state index contributed by atoms with van der Waals surface area (Å²) in [4.78, 5) is 3.85. The van der Waals surface area contributed by atoms with Crippen molar-refractivity contribution in [3.63, 3.8) is 0 Å². The molecule has 0 aromatic carbocycles. The van der Waals surface area contributed by atoms with Gasteiger partial charge in [-0.25, -0.2) is 4.21 Å². The summed E-state index contributed by atoms with van der Waals surface area (Å²) >= 11 is -1.98. The quantitative estimate of drug-likeness (QED) is 0.574. The molecule has 3 N–H and O–H groups in total. The van der Waals surface area contributed by atoms with E-state index in [1.165, 1.54) is 18.5 Å². The largest absolute Gasteiger partial charge is 0.397 e.